The molecule has 1 unspecified atom stereocenters. The molecule has 0 aliphatic carbocycles. The highest BCUT2D eigenvalue weighted by Crippen LogP contribution is 2.20. The van der Waals surface area contributed by atoms with Gasteiger partial charge < -0.3 is 10.8 Å². The number of nitrogens with two attached hydrogens (primary N) is 1. The standard InChI is InChI=1S/C11H16N2O2/c1-8(14)7-9-5-3-4-6-10(9)13(2)11(12)15/h3-6,8,14H,7H2,1-2H3,(H2,12,15). The number of aliphatic hydroxyl groups excluding tert-OH is 1. The molecule has 0 bridgehead atoms. The molecule has 0 aromatic heterocycles. The number of anilines is 1. The molecule has 1 rings (SSSR count). The fraction of sp³-hybridized carbons (Fsp3) is 0.364. The first-order valence-electron chi connectivity index (χ1n) is 4.81. The van der Waals surface area contributed by atoms with Gasteiger partial charge in [0.05, 0.1) is 6.10 Å². The minimum Gasteiger partial charge on any atom is -0.393 e. The van der Waals surface area contributed by atoms with Gasteiger partial charge >= 0.3 is 6.03 Å². The first kappa shape index (κ1) is 11.5. The van der Waals surface area contributed by atoms with E-state index < -0.39 is 12.1 Å². The summed E-state index contributed by atoms with van der Waals surface area (Å²) in [5.74, 6) is 0. The van der Waals surface area contributed by atoms with Crippen LogP contribution in [-0.2, 0) is 6.42 Å². The molecule has 0 fully saturated rings. The maximum atomic E-state index is 11.0. The Hall–Kier alpha value is -1.55. The summed E-state index contributed by atoms with van der Waals surface area (Å²) in [4.78, 5) is 12.4. The van der Waals surface area contributed by atoms with Crippen LogP contribution in [0, 0.1) is 0 Å². The maximum Gasteiger partial charge on any atom is 0.319 e. The number of carbonyl (C=O) groups excluding carboxylic acids is 1. The van der Waals surface area contributed by atoms with Crippen LogP contribution in [0.25, 0.3) is 0 Å². The van der Waals surface area contributed by atoms with Gasteiger partial charge in [0.15, 0.2) is 0 Å². The molecule has 4 heteroatoms. The molecule has 4 nitrogen and oxygen atoms in total. The summed E-state index contributed by atoms with van der Waals surface area (Å²) in [6.07, 6.45) is 0.0702. The Morgan fingerprint density at radius 2 is 2.13 bits per heavy atom. The molecule has 15 heavy (non-hydrogen) atoms. The number of rotatable bonds is 3. The predicted molar refractivity (Wildman–Crippen MR) is 59.8 cm³/mol. The third kappa shape index (κ3) is 2.95. The summed E-state index contributed by atoms with van der Waals surface area (Å²) in [5, 5.41) is 9.32. The molecule has 82 valence electrons. The normalized spacial score (nSPS) is 12.2. The number of benzene rings is 1. The smallest absolute Gasteiger partial charge is 0.319 e. The van der Waals surface area contributed by atoms with Gasteiger partial charge in [0.2, 0.25) is 0 Å². The molecule has 2 amide bonds. The second-order valence-electron chi connectivity index (χ2n) is 3.58. The number of aliphatic hydroxyl groups is 1. The van der Waals surface area contributed by atoms with Gasteiger partial charge in [-0.1, -0.05) is 18.2 Å². The Morgan fingerprint density at radius 3 is 2.67 bits per heavy atom. The van der Waals surface area contributed by atoms with Crippen LogP contribution < -0.4 is 10.6 Å². The van der Waals surface area contributed by atoms with E-state index in [0.29, 0.717) is 6.42 Å². The second-order valence-corrected chi connectivity index (χ2v) is 3.58. The van der Waals surface area contributed by atoms with Crippen LogP contribution >= 0.6 is 0 Å². The number of para-hydroxylation sites is 1. The van der Waals surface area contributed by atoms with Crippen molar-refractivity contribution in [3.05, 3.63) is 29.8 Å². The zero-order valence-electron chi connectivity index (χ0n) is 8.97. The lowest BCUT2D eigenvalue weighted by Crippen LogP contribution is -2.32. The van der Waals surface area contributed by atoms with Gasteiger partial charge in [0, 0.05) is 19.2 Å². The molecule has 1 atom stereocenters. The number of urea groups is 1. The Morgan fingerprint density at radius 1 is 1.53 bits per heavy atom. The molecular weight excluding hydrogens is 192 g/mol. The molecule has 0 radical (unpaired) electrons. The zero-order chi connectivity index (χ0) is 11.4. The third-order valence-electron chi connectivity index (χ3n) is 2.20. The van der Waals surface area contributed by atoms with Gasteiger partial charge in [0.1, 0.15) is 0 Å². The summed E-state index contributed by atoms with van der Waals surface area (Å²) in [6.45, 7) is 1.71. The first-order chi connectivity index (χ1) is 7.02. The van der Waals surface area contributed by atoms with Crippen molar-refractivity contribution < 1.29 is 9.90 Å². The van der Waals surface area contributed by atoms with Crippen molar-refractivity contribution in [3.63, 3.8) is 0 Å². The molecular formula is C11H16N2O2. The summed E-state index contributed by atoms with van der Waals surface area (Å²) in [5.41, 5.74) is 6.84. The first-order valence-corrected chi connectivity index (χ1v) is 4.81. The van der Waals surface area contributed by atoms with Gasteiger partial charge in [0.25, 0.3) is 0 Å². The van der Waals surface area contributed by atoms with Crippen LogP contribution in [0.5, 0.6) is 0 Å². The van der Waals surface area contributed by atoms with Gasteiger partial charge in [-0.3, -0.25) is 4.90 Å². The van der Waals surface area contributed by atoms with Crippen molar-refractivity contribution in [2.45, 2.75) is 19.4 Å². The van der Waals surface area contributed by atoms with Crippen LogP contribution in [0.4, 0.5) is 10.5 Å². The molecule has 1 aromatic carbocycles. The van der Waals surface area contributed by atoms with Gasteiger partial charge in [-0.05, 0) is 18.6 Å². The number of nitrogens with zero attached hydrogens (tertiary/aromatic N) is 1. The molecule has 0 aliphatic heterocycles. The van der Waals surface area contributed by atoms with E-state index in [4.69, 9.17) is 5.73 Å². The molecule has 0 saturated carbocycles. The summed E-state index contributed by atoms with van der Waals surface area (Å²) >= 11 is 0. The lowest BCUT2D eigenvalue weighted by Gasteiger charge is -2.19. The Kier molecular flexibility index (Phi) is 3.68. The highest BCUT2D eigenvalue weighted by atomic mass is 16.3. The monoisotopic (exact) mass is 208 g/mol. The molecule has 3 N–H and O–H groups in total. The van der Waals surface area contributed by atoms with Crippen molar-refractivity contribution in [1.29, 1.82) is 0 Å². The lowest BCUT2D eigenvalue weighted by molar-refractivity contribution is 0.195. The van der Waals surface area contributed by atoms with E-state index in [0.717, 1.165) is 11.3 Å². The fourth-order valence-corrected chi connectivity index (χ4v) is 1.45. The van der Waals surface area contributed by atoms with Crippen LogP contribution in [0.2, 0.25) is 0 Å². The van der Waals surface area contributed by atoms with Crippen LogP contribution in [0.3, 0.4) is 0 Å². The fourth-order valence-electron chi connectivity index (χ4n) is 1.45. The van der Waals surface area contributed by atoms with Crippen molar-refractivity contribution in [3.8, 4) is 0 Å². The SMILES string of the molecule is CC(O)Cc1ccccc1N(C)C(N)=O. The number of hydrogen-bond acceptors (Lipinski definition) is 2. The predicted octanol–water partition coefficient (Wildman–Crippen LogP) is 1.12. The van der Waals surface area contributed by atoms with Crippen LogP contribution in [-0.4, -0.2) is 24.3 Å². The average Bonchev–Trinajstić information content (AvgIpc) is 2.16. The van der Waals surface area contributed by atoms with Crippen molar-refractivity contribution >= 4 is 11.7 Å². The van der Waals surface area contributed by atoms with E-state index in [1.807, 2.05) is 24.3 Å². The van der Waals surface area contributed by atoms with E-state index in [-0.39, 0.29) is 0 Å². The quantitative estimate of drug-likeness (QED) is 0.781. The van der Waals surface area contributed by atoms with Crippen molar-refractivity contribution in [2.75, 3.05) is 11.9 Å². The van der Waals surface area contributed by atoms with E-state index in [1.165, 1.54) is 4.90 Å². The summed E-state index contributed by atoms with van der Waals surface area (Å²) in [6, 6.07) is 6.88. The van der Waals surface area contributed by atoms with Gasteiger partial charge in [-0.25, -0.2) is 4.79 Å². The van der Waals surface area contributed by atoms with Crippen molar-refractivity contribution in [1.82, 2.24) is 0 Å². The minimum atomic E-state index is -0.506. The highest BCUT2D eigenvalue weighted by molar-refractivity contribution is 5.90. The van der Waals surface area contributed by atoms with Crippen molar-refractivity contribution in [2.24, 2.45) is 5.73 Å². The summed E-state index contributed by atoms with van der Waals surface area (Å²) in [7, 11) is 1.61. The van der Waals surface area contributed by atoms with E-state index in [1.54, 1.807) is 14.0 Å². The van der Waals surface area contributed by atoms with E-state index in [9.17, 15) is 9.90 Å². The number of carbonyl (C=O) groups is 1. The Labute approximate surface area is 89.3 Å². The Bertz CT molecular complexity index is 350. The third-order valence-corrected chi connectivity index (χ3v) is 2.20. The molecule has 1 aromatic rings. The molecule has 0 aliphatic rings. The molecule has 0 heterocycles. The van der Waals surface area contributed by atoms with E-state index in [2.05, 4.69) is 0 Å². The van der Waals surface area contributed by atoms with Crippen LogP contribution in [0.1, 0.15) is 12.5 Å². The Balaban J connectivity index is 3.00. The molecule has 0 saturated heterocycles. The molecule has 0 spiro atoms. The number of hydrogen-bond donors (Lipinski definition) is 2. The second kappa shape index (κ2) is 4.79. The van der Waals surface area contributed by atoms with Gasteiger partial charge in [-0.2, -0.15) is 0 Å². The number of amides is 2. The largest absolute Gasteiger partial charge is 0.393 e. The topological polar surface area (TPSA) is 66.6 Å². The lowest BCUT2D eigenvalue weighted by atomic mass is 10.1. The minimum absolute atomic E-state index is 0.438. The number of primary amides is 1. The highest BCUT2D eigenvalue weighted by Gasteiger charge is 2.11. The van der Waals surface area contributed by atoms with Gasteiger partial charge in [-0.15, -0.1) is 0 Å². The summed E-state index contributed by atoms with van der Waals surface area (Å²) < 4.78 is 0. The van der Waals surface area contributed by atoms with E-state index >= 15 is 0 Å². The van der Waals surface area contributed by atoms with Crippen LogP contribution in [0.15, 0.2) is 24.3 Å². The average molecular weight is 208 g/mol. The zero-order valence-corrected chi connectivity index (χ0v) is 8.97. The maximum absolute atomic E-state index is 11.0.